The average molecular weight is 550 g/mol. The maximum atomic E-state index is 13.8. The van der Waals surface area contributed by atoms with Gasteiger partial charge >= 0.3 is 0 Å². The standard InChI is InChI=1S/C32H43N3O5/c1-32(2,31(38)33-17-16-22-14-15-27-28(18-22)40-21-39-27)34-29(36)25-19-24-12-8-3-4-9-13-26(24)35(30(25)37)20-23-10-6-5-7-11-23/h14-15,18-19,23H,3-13,16-17,20-21H2,1-2H3,(H,33,38)(H,34,36). The molecule has 2 aromatic rings. The van der Waals surface area contributed by atoms with Crippen LogP contribution in [0, 0.1) is 5.92 Å². The smallest absolute Gasteiger partial charge is 0.263 e. The van der Waals surface area contributed by atoms with Gasteiger partial charge < -0.3 is 24.7 Å². The number of nitrogens with one attached hydrogen (secondary N) is 2. The fourth-order valence-electron chi connectivity index (χ4n) is 6.26. The van der Waals surface area contributed by atoms with E-state index in [4.69, 9.17) is 9.47 Å². The van der Waals surface area contributed by atoms with Crippen LogP contribution in [0.5, 0.6) is 11.5 Å². The van der Waals surface area contributed by atoms with Crippen molar-refractivity contribution in [2.75, 3.05) is 13.3 Å². The first kappa shape index (κ1) is 28.2. The summed E-state index contributed by atoms with van der Waals surface area (Å²) in [6, 6.07) is 7.54. The number of ether oxygens (including phenoxy) is 2. The Labute approximate surface area is 236 Å². The van der Waals surface area contributed by atoms with E-state index in [9.17, 15) is 14.4 Å². The molecule has 1 aliphatic heterocycles. The van der Waals surface area contributed by atoms with E-state index < -0.39 is 11.4 Å². The van der Waals surface area contributed by atoms with Gasteiger partial charge in [-0.25, -0.2) is 0 Å². The van der Waals surface area contributed by atoms with Gasteiger partial charge in [0.05, 0.1) is 0 Å². The minimum atomic E-state index is -1.18. The van der Waals surface area contributed by atoms with Crippen molar-refractivity contribution in [2.24, 2.45) is 5.92 Å². The van der Waals surface area contributed by atoms with Crippen LogP contribution in [-0.4, -0.2) is 35.3 Å². The van der Waals surface area contributed by atoms with Gasteiger partial charge in [0.1, 0.15) is 11.1 Å². The molecule has 1 aromatic heterocycles. The van der Waals surface area contributed by atoms with Gasteiger partial charge in [0.2, 0.25) is 12.7 Å². The number of aromatic nitrogens is 1. The normalized spacial score (nSPS) is 17.4. The van der Waals surface area contributed by atoms with E-state index in [-0.39, 0.29) is 23.8 Å². The molecule has 0 radical (unpaired) electrons. The second-order valence-corrected chi connectivity index (χ2v) is 12.1. The molecule has 0 saturated heterocycles. The Morgan fingerprint density at radius 2 is 1.68 bits per heavy atom. The highest BCUT2D eigenvalue weighted by Crippen LogP contribution is 2.32. The Hall–Kier alpha value is -3.29. The summed E-state index contributed by atoms with van der Waals surface area (Å²) < 4.78 is 12.7. The van der Waals surface area contributed by atoms with Crippen LogP contribution in [0.25, 0.3) is 0 Å². The van der Waals surface area contributed by atoms with Gasteiger partial charge in [-0.3, -0.25) is 14.4 Å². The van der Waals surface area contributed by atoms with E-state index in [1.807, 2.05) is 28.8 Å². The average Bonchev–Trinajstić information content (AvgIpc) is 3.39. The van der Waals surface area contributed by atoms with Crippen molar-refractivity contribution in [2.45, 2.75) is 103 Å². The molecule has 3 aliphatic rings. The molecule has 8 heteroatoms. The molecular weight excluding hydrogens is 506 g/mol. The Kier molecular flexibility index (Phi) is 8.81. The number of amides is 2. The first-order valence-electron chi connectivity index (χ1n) is 15.1. The van der Waals surface area contributed by atoms with Crippen molar-refractivity contribution in [1.29, 1.82) is 0 Å². The topological polar surface area (TPSA) is 98.7 Å². The van der Waals surface area contributed by atoms with Gasteiger partial charge in [0.25, 0.3) is 11.5 Å². The molecule has 0 spiro atoms. The summed E-state index contributed by atoms with van der Waals surface area (Å²) in [5.74, 6) is 1.13. The van der Waals surface area contributed by atoms with Crippen LogP contribution in [0.15, 0.2) is 29.1 Å². The zero-order valence-corrected chi connectivity index (χ0v) is 24.0. The lowest BCUT2D eigenvalue weighted by Gasteiger charge is -2.28. The third-order valence-electron chi connectivity index (χ3n) is 8.64. The SMILES string of the molecule is CC(C)(NC(=O)c1cc2c(n(CC3CCCCC3)c1=O)CCCCCC2)C(=O)NCCc1ccc2c(c1)OCO2. The third-order valence-corrected chi connectivity index (χ3v) is 8.64. The van der Waals surface area contributed by atoms with Gasteiger partial charge in [-0.05, 0) is 94.0 Å². The fourth-order valence-corrected chi connectivity index (χ4v) is 6.26. The number of carbonyl (C=O) groups excluding carboxylic acids is 2. The Morgan fingerprint density at radius 1 is 0.950 bits per heavy atom. The van der Waals surface area contributed by atoms with Crippen molar-refractivity contribution >= 4 is 11.8 Å². The van der Waals surface area contributed by atoms with Crippen molar-refractivity contribution in [1.82, 2.24) is 15.2 Å². The fraction of sp³-hybridized carbons (Fsp3) is 0.594. The molecule has 1 aromatic carbocycles. The molecule has 2 N–H and O–H groups in total. The summed E-state index contributed by atoms with van der Waals surface area (Å²) in [5, 5.41) is 5.79. The number of pyridine rings is 1. The van der Waals surface area contributed by atoms with Crippen LogP contribution in [0.2, 0.25) is 0 Å². The van der Waals surface area contributed by atoms with Crippen LogP contribution >= 0.6 is 0 Å². The maximum Gasteiger partial charge on any atom is 0.263 e. The number of aryl methyl sites for hydroxylation is 1. The molecule has 1 fully saturated rings. The molecule has 216 valence electrons. The van der Waals surface area contributed by atoms with E-state index in [1.54, 1.807) is 13.8 Å². The number of nitrogens with zero attached hydrogens (tertiary/aromatic N) is 1. The van der Waals surface area contributed by atoms with Gasteiger partial charge in [0.15, 0.2) is 11.5 Å². The zero-order chi connectivity index (χ0) is 28.1. The number of benzene rings is 1. The lowest BCUT2D eigenvalue weighted by atomic mass is 9.88. The number of carbonyl (C=O) groups is 2. The summed E-state index contributed by atoms with van der Waals surface area (Å²) in [4.78, 5) is 40.4. The minimum absolute atomic E-state index is 0.149. The lowest BCUT2D eigenvalue weighted by Crippen LogP contribution is -2.55. The number of hydrogen-bond donors (Lipinski definition) is 2. The molecule has 5 rings (SSSR count). The van der Waals surface area contributed by atoms with Crippen LogP contribution < -0.4 is 25.7 Å². The van der Waals surface area contributed by atoms with Gasteiger partial charge in [0, 0.05) is 18.8 Å². The molecule has 2 aliphatic carbocycles. The summed E-state index contributed by atoms with van der Waals surface area (Å²) in [6.45, 7) is 4.67. The number of rotatable bonds is 8. The molecule has 8 nitrogen and oxygen atoms in total. The maximum absolute atomic E-state index is 13.8. The summed E-state index contributed by atoms with van der Waals surface area (Å²) in [6.07, 6.45) is 12.8. The molecule has 40 heavy (non-hydrogen) atoms. The van der Waals surface area contributed by atoms with Gasteiger partial charge in [-0.15, -0.1) is 0 Å². The molecule has 0 bridgehead atoms. The molecule has 1 saturated carbocycles. The summed E-state index contributed by atoms with van der Waals surface area (Å²) >= 11 is 0. The van der Waals surface area contributed by atoms with Crippen LogP contribution in [-0.2, 0) is 30.6 Å². The van der Waals surface area contributed by atoms with E-state index in [1.165, 1.54) is 32.1 Å². The monoisotopic (exact) mass is 549 g/mol. The first-order valence-corrected chi connectivity index (χ1v) is 15.1. The van der Waals surface area contributed by atoms with Crippen LogP contribution in [0.4, 0.5) is 0 Å². The van der Waals surface area contributed by atoms with Crippen molar-refractivity contribution < 1.29 is 19.1 Å². The van der Waals surface area contributed by atoms with E-state index in [0.29, 0.717) is 31.2 Å². The molecule has 0 atom stereocenters. The zero-order valence-electron chi connectivity index (χ0n) is 24.0. The van der Waals surface area contributed by atoms with Crippen molar-refractivity contribution in [3.8, 4) is 11.5 Å². The first-order chi connectivity index (χ1) is 19.3. The second kappa shape index (κ2) is 12.5. The van der Waals surface area contributed by atoms with E-state index in [2.05, 4.69) is 10.6 Å². The third kappa shape index (κ3) is 6.53. The Bertz CT molecular complexity index is 1290. The molecule has 0 unspecified atom stereocenters. The van der Waals surface area contributed by atoms with E-state index >= 15 is 0 Å². The van der Waals surface area contributed by atoms with Crippen LogP contribution in [0.1, 0.15) is 98.8 Å². The Morgan fingerprint density at radius 3 is 2.48 bits per heavy atom. The molecular formula is C32H43N3O5. The lowest BCUT2D eigenvalue weighted by molar-refractivity contribution is -0.126. The predicted octanol–water partition coefficient (Wildman–Crippen LogP) is 4.68. The predicted molar refractivity (Wildman–Crippen MR) is 154 cm³/mol. The number of fused-ring (bicyclic) bond motifs is 2. The highest BCUT2D eigenvalue weighted by atomic mass is 16.7. The molecule has 2 amide bonds. The summed E-state index contributed by atoms with van der Waals surface area (Å²) in [5.41, 5.74) is 2.00. The van der Waals surface area contributed by atoms with Gasteiger partial charge in [-0.1, -0.05) is 38.2 Å². The largest absolute Gasteiger partial charge is 0.454 e. The quantitative estimate of drug-likeness (QED) is 0.498. The Balaban J connectivity index is 1.28. The minimum Gasteiger partial charge on any atom is -0.454 e. The van der Waals surface area contributed by atoms with Crippen molar-refractivity contribution in [3.05, 3.63) is 57.0 Å². The highest BCUT2D eigenvalue weighted by molar-refractivity contribution is 5.98. The highest BCUT2D eigenvalue weighted by Gasteiger charge is 2.31. The van der Waals surface area contributed by atoms with E-state index in [0.717, 1.165) is 61.1 Å². The van der Waals surface area contributed by atoms with Gasteiger partial charge in [-0.2, -0.15) is 0 Å². The second-order valence-electron chi connectivity index (χ2n) is 12.1. The molecule has 2 heterocycles. The van der Waals surface area contributed by atoms with Crippen molar-refractivity contribution in [3.63, 3.8) is 0 Å². The van der Waals surface area contributed by atoms with Crippen LogP contribution in [0.3, 0.4) is 0 Å². The number of hydrogen-bond acceptors (Lipinski definition) is 5. The summed E-state index contributed by atoms with van der Waals surface area (Å²) in [7, 11) is 0.